The van der Waals surface area contributed by atoms with Crippen molar-refractivity contribution >= 4 is 0 Å². The molecule has 0 fully saturated rings. The van der Waals surface area contributed by atoms with Gasteiger partial charge < -0.3 is 9.84 Å². The van der Waals surface area contributed by atoms with Crippen LogP contribution in [-0.4, -0.2) is 11.7 Å². The van der Waals surface area contributed by atoms with E-state index in [-0.39, 0.29) is 0 Å². The van der Waals surface area contributed by atoms with Gasteiger partial charge in [-0.1, -0.05) is 36.3 Å². The summed E-state index contributed by atoms with van der Waals surface area (Å²) in [5.41, 5.74) is 4.85. The van der Waals surface area contributed by atoms with Crippen molar-refractivity contribution < 1.29 is 4.52 Å². The number of hydrogen-bond donors (Lipinski definition) is 1. The van der Waals surface area contributed by atoms with Crippen molar-refractivity contribution in [1.29, 1.82) is 0 Å². The van der Waals surface area contributed by atoms with Crippen molar-refractivity contribution in [2.75, 3.05) is 6.54 Å². The van der Waals surface area contributed by atoms with Gasteiger partial charge >= 0.3 is 0 Å². The molecule has 0 saturated carbocycles. The van der Waals surface area contributed by atoms with Gasteiger partial charge in [-0.05, 0) is 12.1 Å². The molecule has 1 aliphatic carbocycles. The van der Waals surface area contributed by atoms with Crippen molar-refractivity contribution in [3.8, 4) is 11.3 Å². The fourth-order valence-electron chi connectivity index (χ4n) is 2.20. The number of rotatable bonds is 3. The Morgan fingerprint density at radius 2 is 2.25 bits per heavy atom. The number of fused-ring (bicyclic) bond motifs is 3. The summed E-state index contributed by atoms with van der Waals surface area (Å²) in [5, 5.41) is 7.42. The quantitative estimate of drug-likeness (QED) is 0.727. The molecular weight excluding hydrogens is 200 g/mol. The van der Waals surface area contributed by atoms with Gasteiger partial charge in [-0.25, -0.2) is 0 Å². The highest BCUT2D eigenvalue weighted by Gasteiger charge is 2.25. The number of nitrogens with one attached hydrogen (secondary N) is 1. The third kappa shape index (κ3) is 1.36. The number of hydrogen-bond acceptors (Lipinski definition) is 3. The summed E-state index contributed by atoms with van der Waals surface area (Å²) in [5.74, 6) is 0.962. The summed E-state index contributed by atoms with van der Waals surface area (Å²) in [6.45, 7) is 3.84. The maximum Gasteiger partial charge on any atom is 0.170 e. The SMILES string of the molecule is CCNCc1noc2c1Cc1ccccc1-2. The van der Waals surface area contributed by atoms with Crippen LogP contribution in [-0.2, 0) is 13.0 Å². The molecule has 1 aromatic heterocycles. The van der Waals surface area contributed by atoms with Gasteiger partial charge in [0, 0.05) is 24.1 Å². The molecule has 3 nitrogen and oxygen atoms in total. The van der Waals surface area contributed by atoms with E-state index >= 15 is 0 Å². The van der Waals surface area contributed by atoms with E-state index in [1.54, 1.807) is 0 Å². The Hall–Kier alpha value is -1.61. The third-order valence-electron chi connectivity index (χ3n) is 3.04. The summed E-state index contributed by atoms with van der Waals surface area (Å²) < 4.78 is 5.44. The lowest BCUT2D eigenvalue weighted by Crippen LogP contribution is -2.13. The first-order valence-electron chi connectivity index (χ1n) is 5.66. The van der Waals surface area contributed by atoms with Gasteiger partial charge in [0.2, 0.25) is 0 Å². The molecule has 0 spiro atoms. The Bertz CT molecular complexity index is 516. The van der Waals surface area contributed by atoms with Gasteiger partial charge in [0.25, 0.3) is 0 Å². The number of benzene rings is 1. The van der Waals surface area contributed by atoms with Gasteiger partial charge in [-0.2, -0.15) is 0 Å². The Morgan fingerprint density at radius 1 is 1.38 bits per heavy atom. The first kappa shape index (κ1) is 9.60. The average molecular weight is 214 g/mol. The van der Waals surface area contributed by atoms with Gasteiger partial charge in [-0.15, -0.1) is 0 Å². The van der Waals surface area contributed by atoms with Crippen LogP contribution < -0.4 is 5.32 Å². The van der Waals surface area contributed by atoms with Gasteiger partial charge in [0.15, 0.2) is 5.76 Å². The van der Waals surface area contributed by atoms with Crippen LogP contribution in [0.3, 0.4) is 0 Å². The van der Waals surface area contributed by atoms with E-state index in [9.17, 15) is 0 Å². The Labute approximate surface area is 94.5 Å². The minimum atomic E-state index is 0.795. The lowest BCUT2D eigenvalue weighted by Gasteiger charge is -1.98. The average Bonchev–Trinajstić information content (AvgIpc) is 2.85. The molecule has 1 aromatic carbocycles. The van der Waals surface area contributed by atoms with Crippen LogP contribution in [0.15, 0.2) is 28.8 Å². The smallest absolute Gasteiger partial charge is 0.170 e. The molecule has 0 bridgehead atoms. The van der Waals surface area contributed by atoms with Crippen molar-refractivity contribution in [1.82, 2.24) is 10.5 Å². The standard InChI is InChI=1S/C13H14N2O/c1-2-14-8-12-11-7-9-5-3-4-6-10(9)13(11)16-15-12/h3-6,14H,2,7-8H2,1H3. The molecule has 3 heteroatoms. The molecule has 0 amide bonds. The highest BCUT2D eigenvalue weighted by atomic mass is 16.5. The van der Waals surface area contributed by atoms with E-state index in [0.29, 0.717) is 0 Å². The first-order chi connectivity index (χ1) is 7.90. The molecular formula is C13H14N2O. The highest BCUT2D eigenvalue weighted by molar-refractivity contribution is 5.72. The van der Waals surface area contributed by atoms with Gasteiger partial charge in [0.05, 0.1) is 0 Å². The Morgan fingerprint density at radius 3 is 3.12 bits per heavy atom. The molecule has 2 aromatic rings. The molecule has 1 heterocycles. The van der Waals surface area contributed by atoms with Crippen LogP contribution in [0.1, 0.15) is 23.7 Å². The summed E-state index contributed by atoms with van der Waals surface area (Å²) in [6.07, 6.45) is 0.954. The fraction of sp³-hybridized carbons (Fsp3) is 0.308. The number of nitrogens with zero attached hydrogens (tertiary/aromatic N) is 1. The molecule has 1 N–H and O–H groups in total. The van der Waals surface area contributed by atoms with E-state index in [0.717, 1.165) is 31.0 Å². The van der Waals surface area contributed by atoms with Crippen LogP contribution in [0, 0.1) is 0 Å². The van der Waals surface area contributed by atoms with Crippen molar-refractivity contribution in [3.05, 3.63) is 41.1 Å². The monoisotopic (exact) mass is 214 g/mol. The Balaban J connectivity index is 1.98. The lowest BCUT2D eigenvalue weighted by atomic mass is 10.1. The number of aromatic nitrogens is 1. The molecule has 0 unspecified atom stereocenters. The molecule has 3 rings (SSSR count). The van der Waals surface area contributed by atoms with E-state index in [2.05, 4.69) is 35.6 Å². The van der Waals surface area contributed by atoms with E-state index in [1.165, 1.54) is 16.7 Å². The first-order valence-corrected chi connectivity index (χ1v) is 5.66. The van der Waals surface area contributed by atoms with E-state index < -0.39 is 0 Å². The predicted molar refractivity (Wildman–Crippen MR) is 62.1 cm³/mol. The molecule has 0 saturated heterocycles. The van der Waals surface area contributed by atoms with Crippen LogP contribution >= 0.6 is 0 Å². The van der Waals surface area contributed by atoms with Gasteiger partial charge in [0.1, 0.15) is 5.69 Å². The summed E-state index contributed by atoms with van der Waals surface area (Å²) >= 11 is 0. The van der Waals surface area contributed by atoms with Crippen LogP contribution in [0.2, 0.25) is 0 Å². The molecule has 0 aliphatic heterocycles. The molecule has 0 radical (unpaired) electrons. The summed E-state index contributed by atoms with van der Waals surface area (Å²) in [6, 6.07) is 8.37. The maximum atomic E-state index is 5.44. The van der Waals surface area contributed by atoms with Crippen molar-refractivity contribution in [3.63, 3.8) is 0 Å². The summed E-state index contributed by atoms with van der Waals surface area (Å²) in [7, 11) is 0. The van der Waals surface area contributed by atoms with Crippen LogP contribution in [0.4, 0.5) is 0 Å². The highest BCUT2D eigenvalue weighted by Crippen LogP contribution is 2.37. The largest absolute Gasteiger partial charge is 0.356 e. The fourth-order valence-corrected chi connectivity index (χ4v) is 2.20. The second-order valence-electron chi connectivity index (χ2n) is 4.05. The zero-order chi connectivity index (χ0) is 11.0. The molecule has 0 atom stereocenters. The topological polar surface area (TPSA) is 38.1 Å². The van der Waals surface area contributed by atoms with Crippen LogP contribution in [0.5, 0.6) is 0 Å². The normalized spacial score (nSPS) is 12.6. The Kier molecular flexibility index (Phi) is 2.26. The van der Waals surface area contributed by atoms with Crippen LogP contribution in [0.25, 0.3) is 11.3 Å². The van der Waals surface area contributed by atoms with E-state index in [1.807, 2.05) is 6.07 Å². The second-order valence-corrected chi connectivity index (χ2v) is 4.05. The third-order valence-corrected chi connectivity index (χ3v) is 3.04. The predicted octanol–water partition coefficient (Wildman–Crippen LogP) is 2.36. The summed E-state index contributed by atoms with van der Waals surface area (Å²) in [4.78, 5) is 0. The molecule has 82 valence electrons. The van der Waals surface area contributed by atoms with E-state index in [4.69, 9.17) is 4.52 Å². The minimum Gasteiger partial charge on any atom is -0.356 e. The molecule has 1 aliphatic rings. The zero-order valence-corrected chi connectivity index (χ0v) is 9.29. The zero-order valence-electron chi connectivity index (χ0n) is 9.29. The lowest BCUT2D eigenvalue weighted by molar-refractivity contribution is 0.420. The maximum absolute atomic E-state index is 5.44. The minimum absolute atomic E-state index is 0.795. The molecule has 16 heavy (non-hydrogen) atoms. The van der Waals surface area contributed by atoms with Crippen molar-refractivity contribution in [2.24, 2.45) is 0 Å². The van der Waals surface area contributed by atoms with Gasteiger partial charge in [-0.3, -0.25) is 0 Å². The van der Waals surface area contributed by atoms with Crippen molar-refractivity contribution in [2.45, 2.75) is 19.9 Å². The second kappa shape index (κ2) is 3.76.